The second-order valence-electron chi connectivity index (χ2n) is 5.34. The molecule has 0 saturated heterocycles. The van der Waals surface area contributed by atoms with Gasteiger partial charge in [0.1, 0.15) is 5.82 Å². The third-order valence-electron chi connectivity index (χ3n) is 3.99. The van der Waals surface area contributed by atoms with Crippen LogP contribution in [0.4, 0.5) is 4.39 Å². The molecule has 0 fully saturated rings. The quantitative estimate of drug-likeness (QED) is 0.866. The van der Waals surface area contributed by atoms with E-state index in [1.54, 1.807) is 12.1 Å². The number of rotatable bonds is 5. The molecule has 0 aromatic heterocycles. The lowest BCUT2D eigenvalue weighted by molar-refractivity contribution is 0.402. The van der Waals surface area contributed by atoms with Crippen LogP contribution in [-0.4, -0.2) is 0 Å². The molecule has 0 bridgehead atoms. The van der Waals surface area contributed by atoms with Crippen LogP contribution in [0.5, 0.6) is 0 Å². The third kappa shape index (κ3) is 3.07. The van der Waals surface area contributed by atoms with Crippen molar-refractivity contribution in [3.8, 4) is 0 Å². The Labute approximate surface area is 120 Å². The maximum atomic E-state index is 14.0. The molecule has 1 atom stereocenters. The maximum Gasteiger partial charge on any atom is 0.128 e. The van der Waals surface area contributed by atoms with E-state index >= 15 is 0 Å². The van der Waals surface area contributed by atoms with Crippen LogP contribution >= 0.6 is 0 Å². The van der Waals surface area contributed by atoms with Gasteiger partial charge in [-0.3, -0.25) is 0 Å². The summed E-state index contributed by atoms with van der Waals surface area (Å²) in [5.74, 6) is -0.220. The van der Waals surface area contributed by atoms with E-state index < -0.39 is 5.54 Å². The van der Waals surface area contributed by atoms with Crippen molar-refractivity contribution < 1.29 is 4.39 Å². The molecule has 2 aromatic rings. The smallest absolute Gasteiger partial charge is 0.128 e. The van der Waals surface area contributed by atoms with Gasteiger partial charge >= 0.3 is 0 Å². The van der Waals surface area contributed by atoms with Gasteiger partial charge in [-0.25, -0.2) is 4.39 Å². The molecule has 0 spiro atoms. The molecular weight excluding hydrogens is 249 g/mol. The third-order valence-corrected chi connectivity index (χ3v) is 3.99. The lowest BCUT2D eigenvalue weighted by Crippen LogP contribution is -2.39. The summed E-state index contributed by atoms with van der Waals surface area (Å²) >= 11 is 0. The van der Waals surface area contributed by atoms with Crippen molar-refractivity contribution in [1.29, 1.82) is 0 Å². The zero-order valence-corrected chi connectivity index (χ0v) is 12.2. The lowest BCUT2D eigenvalue weighted by atomic mass is 9.82. The van der Waals surface area contributed by atoms with Crippen LogP contribution in [-0.2, 0) is 18.4 Å². The summed E-state index contributed by atoms with van der Waals surface area (Å²) in [6.45, 7) is 4.14. The lowest BCUT2D eigenvalue weighted by Gasteiger charge is -2.29. The summed E-state index contributed by atoms with van der Waals surface area (Å²) in [6.07, 6.45) is 2.37. The van der Waals surface area contributed by atoms with Crippen molar-refractivity contribution in [1.82, 2.24) is 0 Å². The van der Waals surface area contributed by atoms with E-state index in [0.717, 1.165) is 12.0 Å². The number of aryl methyl sites for hydroxylation is 1. The van der Waals surface area contributed by atoms with Crippen LogP contribution in [0.1, 0.15) is 37.0 Å². The van der Waals surface area contributed by atoms with Crippen molar-refractivity contribution in [3.63, 3.8) is 0 Å². The topological polar surface area (TPSA) is 26.0 Å². The minimum atomic E-state index is -0.654. The molecule has 0 amide bonds. The van der Waals surface area contributed by atoms with Gasteiger partial charge in [0.2, 0.25) is 0 Å². The molecule has 106 valence electrons. The first-order valence-electron chi connectivity index (χ1n) is 7.20. The highest BCUT2D eigenvalue weighted by Gasteiger charge is 2.28. The minimum Gasteiger partial charge on any atom is -0.321 e. The molecular formula is C18H22FN. The Hall–Kier alpha value is -1.67. The van der Waals surface area contributed by atoms with Gasteiger partial charge in [-0.05, 0) is 36.5 Å². The molecule has 0 radical (unpaired) electrons. The van der Waals surface area contributed by atoms with E-state index in [0.29, 0.717) is 18.4 Å². The van der Waals surface area contributed by atoms with E-state index in [1.165, 1.54) is 11.6 Å². The van der Waals surface area contributed by atoms with Crippen molar-refractivity contribution in [2.75, 3.05) is 0 Å². The van der Waals surface area contributed by atoms with Crippen LogP contribution in [0, 0.1) is 5.82 Å². The van der Waals surface area contributed by atoms with E-state index in [-0.39, 0.29) is 5.82 Å². The fraction of sp³-hybridized carbons (Fsp3) is 0.333. The molecule has 0 saturated carbocycles. The highest BCUT2D eigenvalue weighted by Crippen LogP contribution is 2.28. The Kier molecular flexibility index (Phi) is 4.56. The number of halogens is 1. The molecule has 20 heavy (non-hydrogen) atoms. The second kappa shape index (κ2) is 6.19. The van der Waals surface area contributed by atoms with Crippen LogP contribution in [0.15, 0.2) is 48.5 Å². The Morgan fingerprint density at radius 3 is 2.10 bits per heavy atom. The second-order valence-corrected chi connectivity index (χ2v) is 5.34. The van der Waals surface area contributed by atoms with Crippen molar-refractivity contribution in [2.24, 2.45) is 5.73 Å². The largest absolute Gasteiger partial charge is 0.321 e. The Morgan fingerprint density at radius 1 is 0.950 bits per heavy atom. The highest BCUT2D eigenvalue weighted by molar-refractivity contribution is 5.31. The first-order chi connectivity index (χ1) is 9.59. The average Bonchev–Trinajstić information content (AvgIpc) is 2.48. The summed E-state index contributed by atoms with van der Waals surface area (Å²) in [6, 6.07) is 15.2. The van der Waals surface area contributed by atoms with Gasteiger partial charge in [-0.15, -0.1) is 0 Å². The van der Waals surface area contributed by atoms with Crippen LogP contribution in [0.25, 0.3) is 0 Å². The van der Waals surface area contributed by atoms with E-state index in [4.69, 9.17) is 5.73 Å². The molecule has 0 aliphatic rings. The molecule has 2 N–H and O–H groups in total. The molecule has 2 rings (SSSR count). The van der Waals surface area contributed by atoms with Gasteiger partial charge in [0.25, 0.3) is 0 Å². The van der Waals surface area contributed by atoms with E-state index in [1.807, 2.05) is 13.0 Å². The Bertz CT molecular complexity index is 562. The first kappa shape index (κ1) is 14.7. The summed E-state index contributed by atoms with van der Waals surface area (Å²) in [4.78, 5) is 0. The number of hydrogen-bond acceptors (Lipinski definition) is 1. The first-order valence-corrected chi connectivity index (χ1v) is 7.20. The van der Waals surface area contributed by atoms with Gasteiger partial charge in [-0.2, -0.15) is 0 Å². The summed E-state index contributed by atoms with van der Waals surface area (Å²) in [7, 11) is 0. The molecule has 2 heteroatoms. The zero-order valence-electron chi connectivity index (χ0n) is 12.2. The van der Waals surface area contributed by atoms with E-state index in [9.17, 15) is 4.39 Å². The van der Waals surface area contributed by atoms with Crippen LogP contribution < -0.4 is 5.73 Å². The zero-order chi connectivity index (χ0) is 14.6. The van der Waals surface area contributed by atoms with Gasteiger partial charge in [0.05, 0.1) is 0 Å². The molecule has 0 aliphatic carbocycles. The Balaban J connectivity index is 2.29. The molecule has 2 aromatic carbocycles. The predicted octanol–water partition coefficient (Wildman–Crippen LogP) is 4.19. The SMILES string of the molecule is CCc1ccc(CC(N)(CC)c2ccccc2F)cc1. The average molecular weight is 271 g/mol. The molecule has 1 unspecified atom stereocenters. The van der Waals surface area contributed by atoms with Crippen molar-refractivity contribution >= 4 is 0 Å². The monoisotopic (exact) mass is 271 g/mol. The van der Waals surface area contributed by atoms with Gasteiger partial charge in [0, 0.05) is 11.1 Å². The summed E-state index contributed by atoms with van der Waals surface area (Å²) in [5.41, 5.74) is 8.88. The van der Waals surface area contributed by atoms with Crippen molar-refractivity contribution in [2.45, 2.75) is 38.6 Å². The number of benzene rings is 2. The molecule has 0 heterocycles. The van der Waals surface area contributed by atoms with Crippen LogP contribution in [0.3, 0.4) is 0 Å². The summed E-state index contributed by atoms with van der Waals surface area (Å²) in [5, 5.41) is 0. The van der Waals surface area contributed by atoms with Gasteiger partial charge in [0.15, 0.2) is 0 Å². The Morgan fingerprint density at radius 2 is 1.55 bits per heavy atom. The molecule has 0 aliphatic heterocycles. The van der Waals surface area contributed by atoms with Gasteiger partial charge in [-0.1, -0.05) is 56.3 Å². The fourth-order valence-electron chi connectivity index (χ4n) is 2.53. The maximum absolute atomic E-state index is 14.0. The normalized spacial score (nSPS) is 14.0. The van der Waals surface area contributed by atoms with Crippen LogP contribution in [0.2, 0.25) is 0 Å². The van der Waals surface area contributed by atoms with Crippen molar-refractivity contribution in [3.05, 3.63) is 71.0 Å². The minimum absolute atomic E-state index is 0.220. The standard InChI is InChI=1S/C18H22FN/c1-3-14-9-11-15(12-10-14)13-18(20,4-2)16-7-5-6-8-17(16)19/h5-12H,3-4,13,20H2,1-2H3. The van der Waals surface area contributed by atoms with Gasteiger partial charge < -0.3 is 5.73 Å². The predicted molar refractivity (Wildman–Crippen MR) is 82.1 cm³/mol. The van der Waals surface area contributed by atoms with E-state index in [2.05, 4.69) is 31.2 Å². The fourth-order valence-corrected chi connectivity index (χ4v) is 2.53. The molecule has 1 nitrogen and oxygen atoms in total. The summed E-state index contributed by atoms with van der Waals surface area (Å²) < 4.78 is 14.0. The number of hydrogen-bond donors (Lipinski definition) is 1. The highest BCUT2D eigenvalue weighted by atomic mass is 19.1. The number of nitrogens with two attached hydrogens (primary N) is 1.